The van der Waals surface area contributed by atoms with Crippen molar-refractivity contribution in [2.24, 2.45) is 5.92 Å². The molecule has 2 saturated heterocycles. The molecule has 96 valence electrons. The quantitative estimate of drug-likeness (QED) is 0.693. The van der Waals surface area contributed by atoms with Crippen molar-refractivity contribution in [2.75, 3.05) is 19.8 Å². The van der Waals surface area contributed by atoms with Crippen molar-refractivity contribution in [3.63, 3.8) is 0 Å². The van der Waals surface area contributed by atoms with Gasteiger partial charge < -0.3 is 9.47 Å². The first-order valence-corrected chi connectivity index (χ1v) is 6.52. The fourth-order valence-corrected chi connectivity index (χ4v) is 2.76. The van der Waals surface area contributed by atoms with Crippen LogP contribution in [-0.2, 0) is 14.3 Å². The number of rotatable bonds is 2. The molecule has 2 aliphatic rings. The van der Waals surface area contributed by atoms with E-state index in [-0.39, 0.29) is 17.3 Å². The van der Waals surface area contributed by atoms with Crippen molar-refractivity contribution in [1.29, 1.82) is 0 Å². The molecular weight excluding hydrogens is 216 g/mol. The minimum atomic E-state index is -0.0771. The van der Waals surface area contributed by atoms with Crippen LogP contribution in [-0.4, -0.2) is 31.2 Å². The monoisotopic (exact) mass is 238 g/mol. The Kier molecular flexibility index (Phi) is 4.00. The molecule has 0 amide bonds. The van der Waals surface area contributed by atoms with Crippen LogP contribution in [0.5, 0.6) is 0 Å². The maximum Gasteiger partial charge on any atom is 0.158 e. The van der Waals surface area contributed by atoms with Gasteiger partial charge in [-0.25, -0.2) is 0 Å². The lowest BCUT2D eigenvalue weighted by Crippen LogP contribution is -2.45. The smallest absolute Gasteiger partial charge is 0.158 e. The number of allylic oxidation sites excluding steroid dienone is 2. The Morgan fingerprint density at radius 3 is 2.59 bits per heavy atom. The van der Waals surface area contributed by atoms with Gasteiger partial charge >= 0.3 is 0 Å². The van der Waals surface area contributed by atoms with Gasteiger partial charge in [-0.05, 0) is 45.6 Å². The molecule has 0 aromatic heterocycles. The predicted octanol–water partition coefficient (Wildman–Crippen LogP) is 2.50. The second kappa shape index (κ2) is 5.32. The number of carbonyl (C=O) groups excluding carboxylic acids is 1. The Hall–Kier alpha value is -0.670. The molecule has 2 heterocycles. The van der Waals surface area contributed by atoms with Gasteiger partial charge in [0, 0.05) is 25.7 Å². The third-order valence-electron chi connectivity index (χ3n) is 3.73. The molecule has 1 spiro atoms. The number of hydrogen-bond donors (Lipinski definition) is 0. The van der Waals surface area contributed by atoms with Crippen LogP contribution < -0.4 is 0 Å². The molecular formula is C14H22O3. The second-order valence-corrected chi connectivity index (χ2v) is 5.46. The van der Waals surface area contributed by atoms with Crippen molar-refractivity contribution >= 4 is 5.78 Å². The summed E-state index contributed by atoms with van der Waals surface area (Å²) in [6.07, 6.45) is 5.39. The normalized spacial score (nSPS) is 27.8. The molecule has 0 aliphatic carbocycles. The third kappa shape index (κ3) is 3.17. The maximum atomic E-state index is 12.1. The fourth-order valence-electron chi connectivity index (χ4n) is 2.76. The molecule has 2 fully saturated rings. The first-order chi connectivity index (χ1) is 8.11. The lowest BCUT2D eigenvalue weighted by molar-refractivity contribution is -0.154. The van der Waals surface area contributed by atoms with Crippen molar-refractivity contribution in [3.05, 3.63) is 11.6 Å². The van der Waals surface area contributed by atoms with Gasteiger partial charge in [-0.15, -0.1) is 0 Å². The Labute approximate surface area is 103 Å². The molecule has 0 aromatic rings. The van der Waals surface area contributed by atoms with Gasteiger partial charge in [0.1, 0.15) is 0 Å². The van der Waals surface area contributed by atoms with E-state index in [1.807, 2.05) is 13.8 Å². The van der Waals surface area contributed by atoms with E-state index in [0.29, 0.717) is 6.61 Å². The van der Waals surface area contributed by atoms with Crippen LogP contribution in [0, 0.1) is 5.92 Å². The summed E-state index contributed by atoms with van der Waals surface area (Å²) in [7, 11) is 0. The zero-order valence-electron chi connectivity index (χ0n) is 10.8. The third-order valence-corrected chi connectivity index (χ3v) is 3.73. The summed E-state index contributed by atoms with van der Waals surface area (Å²) in [5.41, 5.74) is 1.01. The molecule has 0 saturated carbocycles. The van der Waals surface area contributed by atoms with Crippen molar-refractivity contribution in [2.45, 2.75) is 45.1 Å². The highest BCUT2D eigenvalue weighted by atomic mass is 16.5. The molecule has 0 N–H and O–H groups in total. The highest BCUT2D eigenvalue weighted by molar-refractivity contribution is 5.92. The summed E-state index contributed by atoms with van der Waals surface area (Å²) < 4.78 is 11.3. The van der Waals surface area contributed by atoms with E-state index in [1.165, 1.54) is 0 Å². The zero-order chi connectivity index (χ0) is 12.3. The van der Waals surface area contributed by atoms with E-state index < -0.39 is 0 Å². The molecule has 17 heavy (non-hydrogen) atoms. The Morgan fingerprint density at radius 1 is 1.24 bits per heavy atom. The van der Waals surface area contributed by atoms with Crippen LogP contribution >= 0.6 is 0 Å². The van der Waals surface area contributed by atoms with E-state index in [4.69, 9.17) is 9.47 Å². The SMILES string of the molecule is CC(C)=CC(=O)C1CCOC2(CCOCC2)C1. The molecule has 1 unspecified atom stereocenters. The number of ether oxygens (including phenoxy) is 2. The molecule has 0 bridgehead atoms. The average Bonchev–Trinajstić information content (AvgIpc) is 2.29. The summed E-state index contributed by atoms with van der Waals surface area (Å²) in [6, 6.07) is 0. The molecule has 0 radical (unpaired) electrons. The Balaban J connectivity index is 2.01. The van der Waals surface area contributed by atoms with Crippen molar-refractivity contribution in [1.82, 2.24) is 0 Å². The Morgan fingerprint density at radius 2 is 1.94 bits per heavy atom. The van der Waals surface area contributed by atoms with E-state index in [1.54, 1.807) is 6.08 Å². The number of carbonyl (C=O) groups is 1. The van der Waals surface area contributed by atoms with Gasteiger partial charge in [0.25, 0.3) is 0 Å². The van der Waals surface area contributed by atoms with Crippen LogP contribution in [0.25, 0.3) is 0 Å². The van der Waals surface area contributed by atoms with Crippen LogP contribution in [0.15, 0.2) is 11.6 Å². The molecule has 3 heteroatoms. The lowest BCUT2D eigenvalue weighted by Gasteiger charge is -2.42. The van der Waals surface area contributed by atoms with Crippen LogP contribution in [0.2, 0.25) is 0 Å². The first-order valence-electron chi connectivity index (χ1n) is 6.52. The molecule has 3 nitrogen and oxygen atoms in total. The summed E-state index contributed by atoms with van der Waals surface area (Å²) >= 11 is 0. The van der Waals surface area contributed by atoms with Gasteiger partial charge in [-0.3, -0.25) is 4.79 Å². The molecule has 2 aliphatic heterocycles. The summed E-state index contributed by atoms with van der Waals surface area (Å²) in [4.78, 5) is 12.1. The van der Waals surface area contributed by atoms with Gasteiger partial charge in [0.2, 0.25) is 0 Å². The van der Waals surface area contributed by atoms with Crippen LogP contribution in [0.3, 0.4) is 0 Å². The molecule has 2 rings (SSSR count). The van der Waals surface area contributed by atoms with Crippen LogP contribution in [0.1, 0.15) is 39.5 Å². The van der Waals surface area contributed by atoms with Gasteiger partial charge in [-0.1, -0.05) is 5.57 Å². The van der Waals surface area contributed by atoms with Gasteiger partial charge in [0.15, 0.2) is 5.78 Å². The first kappa shape index (κ1) is 12.8. The largest absolute Gasteiger partial charge is 0.381 e. The van der Waals surface area contributed by atoms with E-state index >= 15 is 0 Å². The van der Waals surface area contributed by atoms with Gasteiger partial charge in [0.05, 0.1) is 5.60 Å². The van der Waals surface area contributed by atoms with Gasteiger partial charge in [-0.2, -0.15) is 0 Å². The minimum absolute atomic E-state index is 0.0771. The molecule has 1 atom stereocenters. The van der Waals surface area contributed by atoms with Crippen molar-refractivity contribution < 1.29 is 14.3 Å². The van der Waals surface area contributed by atoms with Crippen molar-refractivity contribution in [3.8, 4) is 0 Å². The number of ketones is 1. The number of hydrogen-bond acceptors (Lipinski definition) is 3. The maximum absolute atomic E-state index is 12.1. The standard InChI is InChI=1S/C14H22O3/c1-11(2)9-13(15)12-3-6-17-14(10-12)4-7-16-8-5-14/h9,12H,3-8,10H2,1-2H3. The predicted molar refractivity (Wildman–Crippen MR) is 65.9 cm³/mol. The fraction of sp³-hybridized carbons (Fsp3) is 0.786. The van der Waals surface area contributed by atoms with E-state index in [0.717, 1.165) is 44.5 Å². The van der Waals surface area contributed by atoms with E-state index in [2.05, 4.69) is 0 Å². The minimum Gasteiger partial charge on any atom is -0.381 e. The Bertz CT molecular complexity index is 304. The molecule has 0 aromatic carbocycles. The second-order valence-electron chi connectivity index (χ2n) is 5.46. The van der Waals surface area contributed by atoms with E-state index in [9.17, 15) is 4.79 Å². The summed E-state index contributed by atoms with van der Waals surface area (Å²) in [6.45, 7) is 6.20. The summed E-state index contributed by atoms with van der Waals surface area (Å²) in [5, 5.41) is 0. The zero-order valence-corrected chi connectivity index (χ0v) is 10.8. The van der Waals surface area contributed by atoms with Crippen LogP contribution in [0.4, 0.5) is 0 Å². The lowest BCUT2D eigenvalue weighted by atomic mass is 9.79. The summed E-state index contributed by atoms with van der Waals surface area (Å²) in [5.74, 6) is 0.427. The topological polar surface area (TPSA) is 35.5 Å². The average molecular weight is 238 g/mol. The highest BCUT2D eigenvalue weighted by Crippen LogP contribution is 2.37. The highest BCUT2D eigenvalue weighted by Gasteiger charge is 2.40.